The van der Waals surface area contributed by atoms with Crippen LogP contribution in [0.4, 0.5) is 0 Å². The number of carbonyl (C=O) groups is 6. The lowest BCUT2D eigenvalue weighted by molar-refractivity contribution is -0.146. The summed E-state index contributed by atoms with van der Waals surface area (Å²) in [6.45, 7) is 12.2. The van der Waals surface area contributed by atoms with E-state index in [9.17, 15) is 28.8 Å². The van der Waals surface area contributed by atoms with Crippen molar-refractivity contribution < 1.29 is 28.8 Å². The monoisotopic (exact) mass is 610 g/mol. The lowest BCUT2D eigenvalue weighted by Gasteiger charge is -2.32. The van der Waals surface area contributed by atoms with Crippen molar-refractivity contribution in [3.63, 3.8) is 0 Å². The SMILES string of the molecule is CN(C)CCN(C)C(=O)C(CC(=O)C(C)(C)C)N(C)C(=O)CCCCCSC1CC(=O)N(CCC(=O)C(C)(C)C)C1=O. The molecule has 0 N–H and O–H groups in total. The maximum Gasteiger partial charge on any atom is 0.245 e. The van der Waals surface area contributed by atoms with E-state index in [0.717, 1.165) is 12.8 Å². The Morgan fingerprint density at radius 3 is 2.00 bits per heavy atom. The number of ketones is 2. The third-order valence-corrected chi connectivity index (χ3v) is 8.87. The smallest absolute Gasteiger partial charge is 0.245 e. The van der Waals surface area contributed by atoms with Crippen LogP contribution >= 0.6 is 11.8 Å². The molecule has 0 aromatic heterocycles. The molecule has 1 fully saturated rings. The van der Waals surface area contributed by atoms with Gasteiger partial charge in [-0.25, -0.2) is 0 Å². The third-order valence-electron chi connectivity index (χ3n) is 7.58. The Labute approximate surface area is 257 Å². The molecule has 0 aromatic carbocycles. The summed E-state index contributed by atoms with van der Waals surface area (Å²) in [4.78, 5) is 82.6. The van der Waals surface area contributed by atoms with Gasteiger partial charge >= 0.3 is 0 Å². The number of Topliss-reactive ketones (excluding diaryl/α,β-unsaturated/α-hetero) is 2. The molecule has 1 rings (SSSR count). The standard InChI is InChI=1S/C31H54N4O6S/c1-30(2,3)24(36)15-16-35-27(39)21-23(29(35)41)42-19-13-11-12-14-26(38)34(10)22(20-25(37)31(4,5)6)28(40)33(9)18-17-32(7)8/h22-23H,11-21H2,1-10H3. The molecule has 0 radical (unpaired) electrons. The van der Waals surface area contributed by atoms with Crippen molar-refractivity contribution in [1.29, 1.82) is 0 Å². The number of carbonyl (C=O) groups excluding carboxylic acids is 6. The number of hydrogen-bond donors (Lipinski definition) is 0. The van der Waals surface area contributed by atoms with Gasteiger partial charge in [0.2, 0.25) is 23.6 Å². The molecule has 4 amide bonds. The van der Waals surface area contributed by atoms with E-state index < -0.39 is 22.1 Å². The molecule has 10 nitrogen and oxygen atoms in total. The topological polar surface area (TPSA) is 115 Å². The van der Waals surface area contributed by atoms with Crippen molar-refractivity contribution in [2.24, 2.45) is 10.8 Å². The first-order chi connectivity index (χ1) is 19.3. The fraction of sp³-hybridized carbons (Fsp3) is 0.806. The van der Waals surface area contributed by atoms with Gasteiger partial charge in [-0.1, -0.05) is 48.0 Å². The van der Waals surface area contributed by atoms with Crippen molar-refractivity contribution in [1.82, 2.24) is 19.6 Å². The zero-order valence-corrected chi connectivity index (χ0v) is 28.4. The van der Waals surface area contributed by atoms with Gasteiger partial charge in [-0.2, -0.15) is 0 Å². The zero-order valence-electron chi connectivity index (χ0n) is 27.6. The maximum atomic E-state index is 13.3. The van der Waals surface area contributed by atoms with Crippen molar-refractivity contribution in [2.45, 2.75) is 97.8 Å². The van der Waals surface area contributed by atoms with Crippen LogP contribution < -0.4 is 0 Å². The number of imide groups is 1. The molecular formula is C31H54N4O6S. The molecule has 1 aliphatic rings. The average Bonchev–Trinajstić information content (AvgIpc) is 3.15. The van der Waals surface area contributed by atoms with Gasteiger partial charge in [-0.05, 0) is 32.7 Å². The van der Waals surface area contributed by atoms with Crippen LogP contribution in [0.2, 0.25) is 0 Å². The molecule has 0 saturated carbocycles. The van der Waals surface area contributed by atoms with E-state index in [-0.39, 0.29) is 67.4 Å². The van der Waals surface area contributed by atoms with E-state index in [4.69, 9.17) is 0 Å². The summed E-state index contributed by atoms with van der Waals surface area (Å²) < 4.78 is 0. The number of likely N-dealkylation sites (N-methyl/N-ethyl adjacent to an activating group) is 3. The number of nitrogens with zero attached hydrogens (tertiary/aromatic N) is 4. The molecule has 0 bridgehead atoms. The van der Waals surface area contributed by atoms with Gasteiger partial charge in [0.25, 0.3) is 0 Å². The van der Waals surface area contributed by atoms with Crippen molar-refractivity contribution >= 4 is 47.0 Å². The minimum Gasteiger partial charge on any atom is -0.343 e. The Morgan fingerprint density at radius 1 is 0.857 bits per heavy atom. The number of hydrogen-bond acceptors (Lipinski definition) is 8. The highest BCUT2D eigenvalue weighted by Crippen LogP contribution is 2.27. The maximum absolute atomic E-state index is 13.3. The summed E-state index contributed by atoms with van der Waals surface area (Å²) in [5.74, 6) is -0.241. The first-order valence-corrected chi connectivity index (χ1v) is 16.0. The molecule has 2 atom stereocenters. The molecule has 2 unspecified atom stereocenters. The third kappa shape index (κ3) is 12.1. The number of likely N-dealkylation sites (tertiary alicyclic amines) is 1. The molecule has 1 aliphatic heterocycles. The number of unbranched alkanes of at least 4 members (excludes halogenated alkanes) is 2. The van der Waals surface area contributed by atoms with Crippen molar-refractivity contribution in [3.05, 3.63) is 0 Å². The molecular weight excluding hydrogens is 556 g/mol. The van der Waals surface area contributed by atoms with Crippen LogP contribution in [-0.2, 0) is 28.8 Å². The summed E-state index contributed by atoms with van der Waals surface area (Å²) in [5.41, 5.74) is -1.12. The largest absolute Gasteiger partial charge is 0.343 e. The Morgan fingerprint density at radius 2 is 1.45 bits per heavy atom. The normalized spacial score (nSPS) is 16.6. The van der Waals surface area contributed by atoms with Gasteiger partial charge in [0.05, 0.1) is 5.25 Å². The van der Waals surface area contributed by atoms with Gasteiger partial charge in [0.1, 0.15) is 17.6 Å². The molecule has 0 aliphatic carbocycles. The summed E-state index contributed by atoms with van der Waals surface area (Å²) in [6, 6.07) is -0.848. The summed E-state index contributed by atoms with van der Waals surface area (Å²) in [6.07, 6.45) is 2.71. The van der Waals surface area contributed by atoms with Crippen LogP contribution in [-0.4, -0.2) is 120 Å². The van der Waals surface area contributed by atoms with Gasteiger partial charge in [-0.3, -0.25) is 33.7 Å². The second kappa shape index (κ2) is 16.5. The van der Waals surface area contributed by atoms with Crippen molar-refractivity contribution in [2.75, 3.05) is 53.6 Å². The Balaban J connectivity index is 2.57. The summed E-state index contributed by atoms with van der Waals surface area (Å²) in [7, 11) is 7.14. The first kappa shape index (κ1) is 37.8. The molecule has 0 aromatic rings. The van der Waals surface area contributed by atoms with E-state index >= 15 is 0 Å². The lowest BCUT2D eigenvalue weighted by Crippen LogP contribution is -2.51. The number of rotatable bonds is 17. The predicted octanol–water partition coefficient (Wildman–Crippen LogP) is 3.27. The van der Waals surface area contributed by atoms with Crippen LogP contribution in [0.3, 0.4) is 0 Å². The minimum absolute atomic E-state index is 0.0206. The van der Waals surface area contributed by atoms with E-state index in [0.29, 0.717) is 25.3 Å². The van der Waals surface area contributed by atoms with Crippen molar-refractivity contribution in [3.8, 4) is 0 Å². The first-order valence-electron chi connectivity index (χ1n) is 14.9. The van der Waals surface area contributed by atoms with Gasteiger partial charge < -0.3 is 14.7 Å². The van der Waals surface area contributed by atoms with E-state index in [1.54, 1.807) is 19.0 Å². The van der Waals surface area contributed by atoms with E-state index in [2.05, 4.69) is 0 Å². The molecule has 1 heterocycles. The zero-order chi connectivity index (χ0) is 32.4. The fourth-order valence-corrected chi connectivity index (χ4v) is 5.51. The Hall–Kier alpha value is -2.27. The second-order valence-corrected chi connectivity index (χ2v) is 15.0. The van der Waals surface area contributed by atoms with Gasteiger partial charge in [0, 0.05) is 70.2 Å². The van der Waals surface area contributed by atoms with E-state index in [1.165, 1.54) is 21.6 Å². The van der Waals surface area contributed by atoms with E-state index in [1.807, 2.05) is 60.5 Å². The number of thioether (sulfide) groups is 1. The highest BCUT2D eigenvalue weighted by Gasteiger charge is 2.39. The van der Waals surface area contributed by atoms with Crippen LogP contribution in [0.1, 0.15) is 86.5 Å². The highest BCUT2D eigenvalue weighted by atomic mass is 32.2. The van der Waals surface area contributed by atoms with Crippen LogP contribution in [0.5, 0.6) is 0 Å². The highest BCUT2D eigenvalue weighted by molar-refractivity contribution is 8.00. The van der Waals surface area contributed by atoms with Crippen LogP contribution in [0.25, 0.3) is 0 Å². The second-order valence-electron chi connectivity index (χ2n) is 13.6. The molecule has 1 saturated heterocycles. The molecule has 0 spiro atoms. The molecule has 11 heteroatoms. The summed E-state index contributed by atoms with van der Waals surface area (Å²) in [5, 5.41) is -0.424. The Kier molecular flexibility index (Phi) is 14.9. The predicted molar refractivity (Wildman–Crippen MR) is 167 cm³/mol. The van der Waals surface area contributed by atoms with Crippen LogP contribution in [0, 0.1) is 10.8 Å². The van der Waals surface area contributed by atoms with Gasteiger partial charge in [0.15, 0.2) is 0 Å². The summed E-state index contributed by atoms with van der Waals surface area (Å²) >= 11 is 1.45. The average molecular weight is 611 g/mol. The van der Waals surface area contributed by atoms with Crippen LogP contribution in [0.15, 0.2) is 0 Å². The fourth-order valence-electron chi connectivity index (χ4n) is 4.32. The molecule has 240 valence electrons. The number of amides is 4. The quantitative estimate of drug-likeness (QED) is 0.182. The lowest BCUT2D eigenvalue weighted by atomic mass is 9.86. The Bertz CT molecular complexity index is 985. The minimum atomic E-state index is -0.848. The van der Waals surface area contributed by atoms with Gasteiger partial charge in [-0.15, -0.1) is 11.8 Å². The molecule has 42 heavy (non-hydrogen) atoms.